The number of nitrogens with zero attached hydrogens (tertiary/aromatic N) is 1. The maximum absolute atomic E-state index is 12.5. The molecule has 0 fully saturated rings. The summed E-state index contributed by atoms with van der Waals surface area (Å²) < 4.78 is 5.32. The number of aromatic nitrogens is 1. The van der Waals surface area contributed by atoms with Crippen molar-refractivity contribution in [3.8, 4) is 0 Å². The Balaban J connectivity index is 1.67. The molecular weight excluding hydrogens is 398 g/mol. The predicted molar refractivity (Wildman–Crippen MR) is 112 cm³/mol. The summed E-state index contributed by atoms with van der Waals surface area (Å²) in [7, 11) is 0. The van der Waals surface area contributed by atoms with E-state index in [1.165, 1.54) is 18.3 Å². The van der Waals surface area contributed by atoms with Crippen LogP contribution in [-0.4, -0.2) is 23.0 Å². The first-order valence-corrected chi connectivity index (χ1v) is 9.85. The molecule has 2 heterocycles. The molecule has 1 aromatic carbocycles. The highest BCUT2D eigenvalue weighted by Crippen LogP contribution is 2.35. The van der Waals surface area contributed by atoms with Crippen LogP contribution in [0.3, 0.4) is 0 Å². The van der Waals surface area contributed by atoms with Crippen LogP contribution in [0.15, 0.2) is 30.3 Å². The molecule has 2 aromatic heterocycles. The highest BCUT2D eigenvalue weighted by molar-refractivity contribution is 7.21. The van der Waals surface area contributed by atoms with E-state index >= 15 is 0 Å². The third-order valence-corrected chi connectivity index (χ3v) is 5.57. The summed E-state index contributed by atoms with van der Waals surface area (Å²) >= 11 is 7.01. The van der Waals surface area contributed by atoms with Crippen LogP contribution in [0.2, 0.25) is 5.02 Å². The number of benzene rings is 1. The van der Waals surface area contributed by atoms with Gasteiger partial charge in [0.05, 0.1) is 5.69 Å². The topological polar surface area (TPSA) is 94.3 Å². The third-order valence-electron chi connectivity index (χ3n) is 4.24. The van der Waals surface area contributed by atoms with Gasteiger partial charge in [-0.1, -0.05) is 23.7 Å². The number of hydrogen-bond acceptors (Lipinski definition) is 6. The van der Waals surface area contributed by atoms with E-state index in [9.17, 15) is 9.59 Å². The van der Waals surface area contributed by atoms with Gasteiger partial charge in [-0.05, 0) is 50.1 Å². The van der Waals surface area contributed by atoms with E-state index in [1.54, 1.807) is 12.1 Å². The zero-order valence-electron chi connectivity index (χ0n) is 15.7. The molecule has 0 aliphatic carbocycles. The second kappa shape index (κ2) is 8.16. The van der Waals surface area contributed by atoms with Crippen molar-refractivity contribution in [2.24, 2.45) is 0 Å². The van der Waals surface area contributed by atoms with Gasteiger partial charge in [0.25, 0.3) is 5.91 Å². The number of rotatable bonds is 5. The van der Waals surface area contributed by atoms with Crippen LogP contribution in [0, 0.1) is 13.8 Å². The molecule has 1 atom stereocenters. The first-order chi connectivity index (χ1) is 13.3. The smallest absolute Gasteiger partial charge is 0.351 e. The lowest BCUT2D eigenvalue weighted by atomic mass is 10.1. The number of anilines is 1. The van der Waals surface area contributed by atoms with Crippen LogP contribution in [0.25, 0.3) is 10.2 Å². The van der Waals surface area contributed by atoms with Gasteiger partial charge in [0, 0.05) is 22.6 Å². The van der Waals surface area contributed by atoms with E-state index in [0.717, 1.165) is 22.2 Å². The minimum atomic E-state index is -0.958. The largest absolute Gasteiger partial charge is 0.448 e. The average Bonchev–Trinajstić information content (AvgIpc) is 2.97. The number of amides is 1. The molecule has 1 unspecified atom stereocenters. The fraction of sp³-hybridized carbons (Fsp3) is 0.250. The van der Waals surface area contributed by atoms with Crippen LogP contribution < -0.4 is 11.1 Å². The van der Waals surface area contributed by atoms with Gasteiger partial charge in [-0.25, -0.2) is 9.78 Å². The Kier molecular flexibility index (Phi) is 5.86. The van der Waals surface area contributed by atoms with E-state index in [4.69, 9.17) is 22.1 Å². The van der Waals surface area contributed by atoms with Crippen molar-refractivity contribution in [3.63, 3.8) is 0 Å². The number of esters is 1. The number of hydrogen-bond donors (Lipinski definition) is 2. The number of thiophene rings is 1. The van der Waals surface area contributed by atoms with Crippen molar-refractivity contribution in [1.29, 1.82) is 0 Å². The van der Waals surface area contributed by atoms with Crippen molar-refractivity contribution in [1.82, 2.24) is 10.3 Å². The molecule has 1 amide bonds. The molecule has 0 radical (unpaired) electrons. The van der Waals surface area contributed by atoms with Crippen molar-refractivity contribution >= 4 is 50.7 Å². The van der Waals surface area contributed by atoms with Gasteiger partial charge in [0.1, 0.15) is 9.71 Å². The Hall–Kier alpha value is -2.64. The molecule has 0 spiro atoms. The van der Waals surface area contributed by atoms with Gasteiger partial charge < -0.3 is 15.8 Å². The molecule has 3 aromatic rings. The normalized spacial score (nSPS) is 12.0. The number of fused-ring (bicyclic) bond motifs is 1. The van der Waals surface area contributed by atoms with Gasteiger partial charge in [-0.2, -0.15) is 0 Å². The number of carbonyl (C=O) groups is 2. The minimum Gasteiger partial charge on any atom is -0.448 e. The Labute approximate surface area is 171 Å². The highest BCUT2D eigenvalue weighted by atomic mass is 35.5. The molecule has 0 bridgehead atoms. The van der Waals surface area contributed by atoms with Gasteiger partial charge in [0.2, 0.25) is 0 Å². The zero-order chi connectivity index (χ0) is 20.4. The molecule has 0 aliphatic heterocycles. The van der Waals surface area contributed by atoms with E-state index in [1.807, 2.05) is 32.0 Å². The summed E-state index contributed by atoms with van der Waals surface area (Å²) in [5, 5.41) is 4.11. The zero-order valence-corrected chi connectivity index (χ0v) is 17.3. The fourth-order valence-corrected chi connectivity index (χ4v) is 4.05. The molecule has 28 heavy (non-hydrogen) atoms. The third kappa shape index (κ3) is 4.26. The van der Waals surface area contributed by atoms with E-state index < -0.39 is 18.0 Å². The molecule has 0 saturated heterocycles. The summed E-state index contributed by atoms with van der Waals surface area (Å²) in [4.78, 5) is 30.2. The Morgan fingerprint density at radius 2 is 1.96 bits per heavy atom. The molecule has 8 heteroatoms. The molecule has 3 N–H and O–H groups in total. The number of nitrogens with one attached hydrogen (secondary N) is 1. The molecule has 146 valence electrons. The number of ether oxygens (including phenoxy) is 1. The summed E-state index contributed by atoms with van der Waals surface area (Å²) in [6.45, 7) is 5.63. The standard InChI is InChI=1S/C20H20ClN3O3S/c1-10-8-11(2)24-19-15(10)16(22)17(28-19)20(26)27-12(3)18(25)23-9-13-4-6-14(21)7-5-13/h4-8,12H,9,22H2,1-3H3,(H,23,25). The van der Waals surface area contributed by atoms with Crippen LogP contribution in [0.4, 0.5) is 5.69 Å². The second-order valence-corrected chi connectivity index (χ2v) is 7.93. The fourth-order valence-electron chi connectivity index (χ4n) is 2.82. The van der Waals surface area contributed by atoms with Crippen LogP contribution in [0.5, 0.6) is 0 Å². The lowest BCUT2D eigenvalue weighted by Gasteiger charge is -2.13. The van der Waals surface area contributed by atoms with Crippen molar-refractivity contribution in [2.75, 3.05) is 5.73 Å². The first-order valence-electron chi connectivity index (χ1n) is 8.65. The minimum absolute atomic E-state index is 0.258. The van der Waals surface area contributed by atoms with E-state index in [0.29, 0.717) is 22.1 Å². The number of pyridine rings is 1. The molecule has 0 saturated carbocycles. The van der Waals surface area contributed by atoms with Crippen molar-refractivity contribution in [2.45, 2.75) is 33.4 Å². The summed E-state index contributed by atoms with van der Waals surface area (Å²) in [5.41, 5.74) is 9.17. The van der Waals surface area contributed by atoms with Crippen LogP contribution in [0.1, 0.15) is 33.4 Å². The van der Waals surface area contributed by atoms with Gasteiger partial charge in [-0.3, -0.25) is 4.79 Å². The molecule has 3 rings (SSSR count). The highest BCUT2D eigenvalue weighted by Gasteiger charge is 2.24. The average molecular weight is 418 g/mol. The lowest BCUT2D eigenvalue weighted by Crippen LogP contribution is -2.35. The van der Waals surface area contributed by atoms with E-state index in [-0.39, 0.29) is 4.88 Å². The van der Waals surface area contributed by atoms with Crippen molar-refractivity contribution in [3.05, 3.63) is 57.1 Å². The van der Waals surface area contributed by atoms with Gasteiger partial charge in [0.15, 0.2) is 6.10 Å². The van der Waals surface area contributed by atoms with Crippen LogP contribution >= 0.6 is 22.9 Å². The summed E-state index contributed by atoms with van der Waals surface area (Å²) in [6.07, 6.45) is -0.958. The van der Waals surface area contributed by atoms with Gasteiger partial charge >= 0.3 is 5.97 Å². The Morgan fingerprint density at radius 3 is 2.64 bits per heavy atom. The number of halogens is 1. The van der Waals surface area contributed by atoms with Crippen LogP contribution in [-0.2, 0) is 16.1 Å². The maximum Gasteiger partial charge on any atom is 0.351 e. The molecular formula is C20H20ClN3O3S. The quantitative estimate of drug-likeness (QED) is 0.611. The first kappa shape index (κ1) is 20.1. The predicted octanol–water partition coefficient (Wildman–Crippen LogP) is 4.01. The van der Waals surface area contributed by atoms with Crippen molar-refractivity contribution < 1.29 is 14.3 Å². The maximum atomic E-state index is 12.5. The molecule has 6 nitrogen and oxygen atoms in total. The number of aryl methyl sites for hydroxylation is 2. The Bertz CT molecular complexity index is 1050. The van der Waals surface area contributed by atoms with Gasteiger partial charge in [-0.15, -0.1) is 11.3 Å². The SMILES string of the molecule is Cc1cc(C)c2c(N)c(C(=O)OC(C)C(=O)NCc3ccc(Cl)cc3)sc2n1. The second-order valence-electron chi connectivity index (χ2n) is 6.50. The number of nitrogens with two attached hydrogens (primary N) is 1. The lowest BCUT2D eigenvalue weighted by molar-refractivity contribution is -0.129. The number of carbonyl (C=O) groups excluding carboxylic acids is 2. The Morgan fingerprint density at radius 1 is 1.29 bits per heavy atom. The van der Waals surface area contributed by atoms with E-state index in [2.05, 4.69) is 10.3 Å². The molecule has 0 aliphatic rings. The summed E-state index contributed by atoms with van der Waals surface area (Å²) in [5.74, 6) is -1.03. The number of nitrogen functional groups attached to an aromatic ring is 1. The summed E-state index contributed by atoms with van der Waals surface area (Å²) in [6, 6.07) is 9.03. The monoisotopic (exact) mass is 417 g/mol.